The fourth-order valence-electron chi connectivity index (χ4n) is 4.25. The van der Waals surface area contributed by atoms with Crippen LogP contribution in [0.15, 0.2) is 60.7 Å². The Morgan fingerprint density at radius 2 is 1.05 bits per heavy atom. The second kappa shape index (κ2) is 15.6. The van der Waals surface area contributed by atoms with Crippen molar-refractivity contribution in [2.75, 3.05) is 0 Å². The van der Waals surface area contributed by atoms with Gasteiger partial charge in [-0.1, -0.05) is 88.4 Å². The van der Waals surface area contributed by atoms with Gasteiger partial charge in [-0.05, 0) is 35.8 Å². The van der Waals surface area contributed by atoms with Gasteiger partial charge < -0.3 is 26.8 Å². The van der Waals surface area contributed by atoms with Crippen molar-refractivity contribution in [2.24, 2.45) is 17.6 Å². The van der Waals surface area contributed by atoms with Gasteiger partial charge >= 0.3 is 5.97 Å². The summed E-state index contributed by atoms with van der Waals surface area (Å²) in [4.78, 5) is 51.5. The van der Waals surface area contributed by atoms with Crippen molar-refractivity contribution in [1.29, 1.82) is 0 Å². The lowest BCUT2D eigenvalue weighted by molar-refractivity contribution is -0.142. The number of benzene rings is 2. The SMILES string of the molecule is CC(C)CC(N)C(=O)NC(CC(C)C)C(=O)NC(Cc1ccccc1)C(=O)NC(Cc1ccccc1)C(=O)O. The molecule has 0 aliphatic carbocycles. The molecule has 9 heteroatoms. The molecule has 0 saturated heterocycles. The molecular weight excluding hydrogens is 496 g/mol. The molecule has 6 N–H and O–H groups in total. The van der Waals surface area contributed by atoms with E-state index in [1.54, 1.807) is 24.3 Å². The summed E-state index contributed by atoms with van der Waals surface area (Å²) in [6.07, 6.45) is 1.05. The van der Waals surface area contributed by atoms with Crippen molar-refractivity contribution in [3.05, 3.63) is 71.8 Å². The summed E-state index contributed by atoms with van der Waals surface area (Å²) >= 11 is 0. The fraction of sp³-hybridized carbons (Fsp3) is 0.467. The third-order valence-corrected chi connectivity index (χ3v) is 6.22. The second-order valence-corrected chi connectivity index (χ2v) is 10.8. The quantitative estimate of drug-likeness (QED) is 0.235. The molecule has 4 unspecified atom stereocenters. The standard InChI is InChI=1S/C30H42N4O5/c1-19(2)15-23(31)27(35)32-24(16-20(3)4)28(36)33-25(17-21-11-7-5-8-12-21)29(37)34-26(30(38)39)18-22-13-9-6-10-14-22/h5-14,19-20,23-26H,15-18,31H2,1-4H3,(H,32,35)(H,33,36)(H,34,37)(H,38,39). The number of aliphatic carboxylic acids is 1. The third kappa shape index (κ3) is 11.3. The zero-order chi connectivity index (χ0) is 28.9. The Morgan fingerprint density at radius 3 is 1.51 bits per heavy atom. The number of hydrogen-bond donors (Lipinski definition) is 5. The molecule has 0 fully saturated rings. The summed E-state index contributed by atoms with van der Waals surface area (Å²) in [7, 11) is 0. The van der Waals surface area contributed by atoms with Crippen molar-refractivity contribution in [1.82, 2.24) is 16.0 Å². The molecular formula is C30H42N4O5. The Bertz CT molecular complexity index is 1080. The summed E-state index contributed by atoms with van der Waals surface area (Å²) in [5.74, 6) is -2.48. The van der Waals surface area contributed by atoms with Gasteiger partial charge in [-0.3, -0.25) is 14.4 Å². The normalized spacial score (nSPS) is 14.2. The molecule has 0 aliphatic heterocycles. The number of amides is 3. The van der Waals surface area contributed by atoms with Crippen LogP contribution in [0.2, 0.25) is 0 Å². The van der Waals surface area contributed by atoms with Crippen LogP contribution in [0.1, 0.15) is 51.7 Å². The van der Waals surface area contributed by atoms with E-state index in [1.165, 1.54) is 0 Å². The topological polar surface area (TPSA) is 151 Å². The minimum atomic E-state index is -1.18. The van der Waals surface area contributed by atoms with Crippen molar-refractivity contribution in [2.45, 2.75) is 77.5 Å². The van der Waals surface area contributed by atoms with Gasteiger partial charge in [0.05, 0.1) is 6.04 Å². The first-order valence-electron chi connectivity index (χ1n) is 13.4. The number of hydrogen-bond acceptors (Lipinski definition) is 5. The minimum absolute atomic E-state index is 0.0750. The van der Waals surface area contributed by atoms with Crippen LogP contribution in [-0.2, 0) is 32.0 Å². The molecule has 0 heterocycles. The molecule has 4 atom stereocenters. The Morgan fingerprint density at radius 1 is 0.641 bits per heavy atom. The van der Waals surface area contributed by atoms with Crippen LogP contribution < -0.4 is 21.7 Å². The maximum Gasteiger partial charge on any atom is 0.326 e. The van der Waals surface area contributed by atoms with Crippen molar-refractivity contribution < 1.29 is 24.3 Å². The van der Waals surface area contributed by atoms with Crippen molar-refractivity contribution in [3.63, 3.8) is 0 Å². The van der Waals surface area contributed by atoms with Gasteiger partial charge in [0, 0.05) is 12.8 Å². The highest BCUT2D eigenvalue weighted by atomic mass is 16.4. The van der Waals surface area contributed by atoms with Gasteiger partial charge in [-0.15, -0.1) is 0 Å². The van der Waals surface area contributed by atoms with E-state index in [0.29, 0.717) is 12.8 Å². The molecule has 0 spiro atoms. The maximum absolute atomic E-state index is 13.4. The first-order valence-corrected chi connectivity index (χ1v) is 13.4. The van der Waals surface area contributed by atoms with E-state index in [9.17, 15) is 24.3 Å². The van der Waals surface area contributed by atoms with Gasteiger partial charge in [0.1, 0.15) is 18.1 Å². The number of nitrogens with one attached hydrogen (secondary N) is 3. The lowest BCUT2D eigenvalue weighted by Gasteiger charge is -2.26. The molecule has 0 bridgehead atoms. The van der Waals surface area contributed by atoms with Crippen LogP contribution in [0, 0.1) is 11.8 Å². The van der Waals surface area contributed by atoms with Gasteiger partial charge in [0.15, 0.2) is 0 Å². The third-order valence-electron chi connectivity index (χ3n) is 6.22. The molecule has 0 aromatic heterocycles. The minimum Gasteiger partial charge on any atom is -0.480 e. The van der Waals surface area contributed by atoms with Gasteiger partial charge in [0.25, 0.3) is 0 Å². The molecule has 212 valence electrons. The van der Waals surface area contributed by atoms with Crippen molar-refractivity contribution >= 4 is 23.7 Å². The molecule has 2 aromatic rings. The first kappa shape index (κ1) is 31.5. The number of nitrogens with two attached hydrogens (primary N) is 1. The number of rotatable bonds is 15. The predicted molar refractivity (Wildman–Crippen MR) is 151 cm³/mol. The van der Waals surface area contributed by atoms with Crippen LogP contribution >= 0.6 is 0 Å². The van der Waals surface area contributed by atoms with E-state index in [4.69, 9.17) is 5.73 Å². The molecule has 9 nitrogen and oxygen atoms in total. The van der Waals surface area contributed by atoms with Crippen LogP contribution in [0.5, 0.6) is 0 Å². The van der Waals surface area contributed by atoms with E-state index < -0.39 is 47.9 Å². The fourth-order valence-corrected chi connectivity index (χ4v) is 4.25. The zero-order valence-corrected chi connectivity index (χ0v) is 23.2. The Kier molecular flexibility index (Phi) is 12.6. The Labute approximate surface area is 230 Å². The second-order valence-electron chi connectivity index (χ2n) is 10.8. The summed E-state index contributed by atoms with van der Waals surface area (Å²) < 4.78 is 0. The highest BCUT2D eigenvalue weighted by Crippen LogP contribution is 2.11. The van der Waals surface area contributed by atoms with E-state index >= 15 is 0 Å². The van der Waals surface area contributed by atoms with Crippen LogP contribution in [0.3, 0.4) is 0 Å². The monoisotopic (exact) mass is 538 g/mol. The van der Waals surface area contributed by atoms with Crippen LogP contribution in [0.25, 0.3) is 0 Å². The highest BCUT2D eigenvalue weighted by Gasteiger charge is 2.31. The van der Waals surface area contributed by atoms with Gasteiger partial charge in [-0.2, -0.15) is 0 Å². The number of carbonyl (C=O) groups is 4. The zero-order valence-electron chi connectivity index (χ0n) is 23.2. The van der Waals surface area contributed by atoms with E-state index in [2.05, 4.69) is 16.0 Å². The number of carboxylic acid groups (broad SMARTS) is 1. The number of carbonyl (C=O) groups excluding carboxylic acids is 3. The van der Waals surface area contributed by atoms with Crippen molar-refractivity contribution in [3.8, 4) is 0 Å². The molecule has 0 radical (unpaired) electrons. The first-order chi connectivity index (χ1) is 18.5. The lowest BCUT2D eigenvalue weighted by Crippen LogP contribution is -2.58. The van der Waals surface area contributed by atoms with E-state index in [-0.39, 0.29) is 24.7 Å². The van der Waals surface area contributed by atoms with Gasteiger partial charge in [-0.25, -0.2) is 4.79 Å². The molecule has 3 amide bonds. The average Bonchev–Trinajstić information content (AvgIpc) is 2.87. The summed E-state index contributed by atoms with van der Waals surface area (Å²) in [5.41, 5.74) is 7.58. The Balaban J connectivity index is 2.24. The molecule has 2 rings (SSSR count). The smallest absolute Gasteiger partial charge is 0.326 e. The Hall–Kier alpha value is -3.72. The van der Waals surface area contributed by atoms with E-state index in [1.807, 2.05) is 64.1 Å². The lowest BCUT2D eigenvalue weighted by atomic mass is 9.99. The largest absolute Gasteiger partial charge is 0.480 e. The molecule has 2 aromatic carbocycles. The molecule has 0 aliphatic rings. The molecule has 0 saturated carbocycles. The predicted octanol–water partition coefficient (Wildman–Crippen LogP) is 2.43. The summed E-state index contributed by atoms with van der Waals surface area (Å²) in [6.45, 7) is 7.77. The van der Waals surface area contributed by atoms with Gasteiger partial charge in [0.2, 0.25) is 17.7 Å². The summed E-state index contributed by atoms with van der Waals surface area (Å²) in [5, 5.41) is 17.9. The average molecular weight is 539 g/mol. The van der Waals surface area contributed by atoms with E-state index in [0.717, 1.165) is 11.1 Å². The maximum atomic E-state index is 13.4. The number of carboxylic acids is 1. The molecule has 39 heavy (non-hydrogen) atoms. The van der Waals surface area contributed by atoms with Crippen LogP contribution in [0.4, 0.5) is 0 Å². The highest BCUT2D eigenvalue weighted by molar-refractivity contribution is 5.94. The summed E-state index contributed by atoms with van der Waals surface area (Å²) in [6, 6.07) is 14.2. The van der Waals surface area contributed by atoms with Crippen LogP contribution in [-0.4, -0.2) is 53.0 Å².